The first-order valence-corrected chi connectivity index (χ1v) is 7.78. The van der Waals surface area contributed by atoms with Gasteiger partial charge in [0.2, 0.25) is 0 Å². The average molecular weight is 295 g/mol. The molecule has 0 unspecified atom stereocenters. The topological polar surface area (TPSA) is 50.4 Å². The summed E-state index contributed by atoms with van der Waals surface area (Å²) in [6, 6.07) is 17.0. The fourth-order valence-corrected chi connectivity index (χ4v) is 2.55. The molecule has 116 valence electrons. The van der Waals surface area contributed by atoms with E-state index >= 15 is 0 Å². The molecule has 0 fully saturated rings. The van der Waals surface area contributed by atoms with Crippen molar-refractivity contribution in [2.24, 2.45) is 10.7 Å². The Balaban J connectivity index is 1.72. The van der Waals surface area contributed by atoms with Crippen LogP contribution in [0.5, 0.6) is 0 Å². The van der Waals surface area contributed by atoms with E-state index in [4.69, 9.17) is 5.73 Å². The van der Waals surface area contributed by atoms with Crippen LogP contribution in [0.3, 0.4) is 0 Å². The van der Waals surface area contributed by atoms with Crippen molar-refractivity contribution in [1.29, 1.82) is 0 Å². The fourth-order valence-electron chi connectivity index (χ4n) is 2.55. The lowest BCUT2D eigenvalue weighted by Gasteiger charge is -2.07. The second kappa shape index (κ2) is 8.23. The van der Waals surface area contributed by atoms with Crippen LogP contribution in [0.1, 0.15) is 22.3 Å². The number of hydrogen-bond acceptors (Lipinski definition) is 1. The van der Waals surface area contributed by atoms with Crippen LogP contribution >= 0.6 is 0 Å². The molecule has 22 heavy (non-hydrogen) atoms. The number of aryl methyl sites for hydroxylation is 2. The molecule has 0 aliphatic carbocycles. The quantitative estimate of drug-likeness (QED) is 0.636. The number of nitrogens with two attached hydrogens (primary N) is 1. The summed E-state index contributed by atoms with van der Waals surface area (Å²) in [5, 5.41) is 3.18. The average Bonchev–Trinajstić information content (AvgIpc) is 2.47. The van der Waals surface area contributed by atoms with Crippen molar-refractivity contribution < 1.29 is 0 Å². The molecule has 3 N–H and O–H groups in total. The molecule has 2 aromatic rings. The van der Waals surface area contributed by atoms with E-state index in [1.165, 1.54) is 22.3 Å². The van der Waals surface area contributed by atoms with Crippen molar-refractivity contribution in [1.82, 2.24) is 5.32 Å². The van der Waals surface area contributed by atoms with E-state index in [-0.39, 0.29) is 0 Å². The molecule has 0 saturated carbocycles. The van der Waals surface area contributed by atoms with Crippen LogP contribution in [0.4, 0.5) is 0 Å². The Labute approximate surface area is 133 Å². The minimum Gasteiger partial charge on any atom is -0.370 e. The van der Waals surface area contributed by atoms with Crippen LogP contribution in [0.15, 0.2) is 53.5 Å². The second-order valence-electron chi connectivity index (χ2n) is 5.68. The highest BCUT2D eigenvalue weighted by atomic mass is 15.1. The first-order valence-electron chi connectivity index (χ1n) is 7.78. The van der Waals surface area contributed by atoms with Crippen molar-refractivity contribution in [2.45, 2.75) is 26.7 Å². The number of benzene rings is 2. The molecular weight excluding hydrogens is 270 g/mol. The van der Waals surface area contributed by atoms with Gasteiger partial charge in [0.1, 0.15) is 0 Å². The maximum atomic E-state index is 5.90. The Morgan fingerprint density at radius 3 is 2.32 bits per heavy atom. The van der Waals surface area contributed by atoms with E-state index in [9.17, 15) is 0 Å². The van der Waals surface area contributed by atoms with Gasteiger partial charge in [0.15, 0.2) is 5.96 Å². The van der Waals surface area contributed by atoms with E-state index in [1.807, 2.05) is 18.2 Å². The van der Waals surface area contributed by atoms with E-state index in [1.54, 1.807) is 0 Å². The summed E-state index contributed by atoms with van der Waals surface area (Å²) >= 11 is 0. The smallest absolute Gasteiger partial charge is 0.188 e. The minimum absolute atomic E-state index is 0.528. The fraction of sp³-hybridized carbons (Fsp3) is 0.316. The highest BCUT2D eigenvalue weighted by Crippen LogP contribution is 2.08. The molecule has 0 saturated heterocycles. The molecule has 2 rings (SSSR count). The number of nitrogens with zero attached hydrogens (tertiary/aromatic N) is 1. The Morgan fingerprint density at radius 1 is 0.955 bits per heavy atom. The Morgan fingerprint density at radius 2 is 1.64 bits per heavy atom. The van der Waals surface area contributed by atoms with Gasteiger partial charge in [-0.25, -0.2) is 0 Å². The zero-order valence-electron chi connectivity index (χ0n) is 13.5. The number of rotatable bonds is 6. The van der Waals surface area contributed by atoms with Gasteiger partial charge in [-0.05, 0) is 37.8 Å². The van der Waals surface area contributed by atoms with Gasteiger partial charge in [-0.1, -0.05) is 59.7 Å². The summed E-state index contributed by atoms with van der Waals surface area (Å²) < 4.78 is 0. The number of guanidine groups is 1. The number of hydrogen-bond donors (Lipinski definition) is 2. The molecule has 2 aromatic carbocycles. The first kappa shape index (κ1) is 16.1. The maximum absolute atomic E-state index is 5.90. The molecule has 3 heteroatoms. The molecule has 0 heterocycles. The van der Waals surface area contributed by atoms with Crippen molar-refractivity contribution in [3.63, 3.8) is 0 Å². The van der Waals surface area contributed by atoms with Gasteiger partial charge in [-0.2, -0.15) is 0 Å². The Hall–Kier alpha value is -2.29. The predicted molar refractivity (Wildman–Crippen MR) is 94.3 cm³/mol. The monoisotopic (exact) mass is 295 g/mol. The SMILES string of the molecule is Cc1cc(C)cc(CCNC(N)=NCCc2ccccc2)c1. The van der Waals surface area contributed by atoms with Gasteiger partial charge in [-0.3, -0.25) is 4.99 Å². The van der Waals surface area contributed by atoms with Crippen LogP contribution in [0.25, 0.3) is 0 Å². The normalized spacial score (nSPS) is 11.5. The molecule has 0 aromatic heterocycles. The molecule has 0 spiro atoms. The van der Waals surface area contributed by atoms with Crippen LogP contribution in [-0.4, -0.2) is 19.0 Å². The highest BCUT2D eigenvalue weighted by molar-refractivity contribution is 5.77. The molecule has 3 nitrogen and oxygen atoms in total. The molecule has 0 radical (unpaired) electrons. The van der Waals surface area contributed by atoms with Gasteiger partial charge >= 0.3 is 0 Å². The van der Waals surface area contributed by atoms with Gasteiger partial charge in [0.25, 0.3) is 0 Å². The standard InChI is InChI=1S/C19H25N3/c1-15-12-16(2)14-18(13-15)9-11-22-19(20)21-10-8-17-6-4-3-5-7-17/h3-7,12-14H,8-11H2,1-2H3,(H3,20,21,22). The molecule has 0 aliphatic rings. The summed E-state index contributed by atoms with van der Waals surface area (Å²) in [5.74, 6) is 0.528. The number of nitrogens with one attached hydrogen (secondary N) is 1. The lowest BCUT2D eigenvalue weighted by atomic mass is 10.1. The second-order valence-corrected chi connectivity index (χ2v) is 5.68. The maximum Gasteiger partial charge on any atom is 0.188 e. The molecule has 0 amide bonds. The van der Waals surface area contributed by atoms with Gasteiger partial charge < -0.3 is 11.1 Å². The predicted octanol–water partition coefficient (Wildman–Crippen LogP) is 2.99. The third kappa shape index (κ3) is 5.60. The van der Waals surface area contributed by atoms with E-state index in [0.29, 0.717) is 12.5 Å². The first-order chi connectivity index (χ1) is 10.6. The molecule has 0 atom stereocenters. The lowest BCUT2D eigenvalue weighted by Crippen LogP contribution is -2.33. The Bertz CT molecular complexity index is 598. The minimum atomic E-state index is 0.528. The van der Waals surface area contributed by atoms with Crippen LogP contribution in [0, 0.1) is 13.8 Å². The molecule has 0 bridgehead atoms. The van der Waals surface area contributed by atoms with Gasteiger partial charge in [0, 0.05) is 13.1 Å². The lowest BCUT2D eigenvalue weighted by molar-refractivity contribution is 0.842. The summed E-state index contributed by atoms with van der Waals surface area (Å²) in [6.45, 7) is 5.78. The zero-order chi connectivity index (χ0) is 15.8. The van der Waals surface area contributed by atoms with Crippen LogP contribution in [-0.2, 0) is 12.8 Å². The van der Waals surface area contributed by atoms with Crippen molar-refractivity contribution in [3.8, 4) is 0 Å². The summed E-state index contributed by atoms with van der Waals surface area (Å²) in [5.41, 5.74) is 11.1. The Kier molecular flexibility index (Phi) is 6.01. The molecule has 0 aliphatic heterocycles. The van der Waals surface area contributed by atoms with Crippen LogP contribution in [0.2, 0.25) is 0 Å². The largest absolute Gasteiger partial charge is 0.370 e. The number of aliphatic imine (C=N–C) groups is 1. The van der Waals surface area contributed by atoms with Gasteiger partial charge in [-0.15, -0.1) is 0 Å². The van der Waals surface area contributed by atoms with E-state index < -0.39 is 0 Å². The van der Waals surface area contributed by atoms with E-state index in [2.05, 4.69) is 54.5 Å². The van der Waals surface area contributed by atoms with E-state index in [0.717, 1.165) is 19.4 Å². The third-order valence-corrected chi connectivity index (χ3v) is 3.53. The van der Waals surface area contributed by atoms with Crippen molar-refractivity contribution in [2.75, 3.05) is 13.1 Å². The zero-order valence-corrected chi connectivity index (χ0v) is 13.5. The van der Waals surface area contributed by atoms with Gasteiger partial charge in [0.05, 0.1) is 0 Å². The van der Waals surface area contributed by atoms with Crippen molar-refractivity contribution in [3.05, 3.63) is 70.8 Å². The van der Waals surface area contributed by atoms with Crippen LogP contribution < -0.4 is 11.1 Å². The summed E-state index contributed by atoms with van der Waals surface area (Å²) in [4.78, 5) is 4.37. The highest BCUT2D eigenvalue weighted by Gasteiger charge is 1.97. The van der Waals surface area contributed by atoms with Crippen molar-refractivity contribution >= 4 is 5.96 Å². The molecular formula is C19H25N3. The summed E-state index contributed by atoms with van der Waals surface area (Å²) in [6.07, 6.45) is 1.87. The summed E-state index contributed by atoms with van der Waals surface area (Å²) in [7, 11) is 0. The third-order valence-electron chi connectivity index (χ3n) is 3.53.